The van der Waals surface area contributed by atoms with E-state index < -0.39 is 6.10 Å². The summed E-state index contributed by atoms with van der Waals surface area (Å²) >= 11 is 0. The number of anilines is 1. The number of pyridine rings is 2. The maximum atomic E-state index is 10.6. The van der Waals surface area contributed by atoms with Gasteiger partial charge < -0.3 is 10.8 Å². The fourth-order valence-corrected chi connectivity index (χ4v) is 3.23. The van der Waals surface area contributed by atoms with E-state index in [0.717, 1.165) is 52.4 Å². The second-order valence-corrected chi connectivity index (χ2v) is 6.95. The van der Waals surface area contributed by atoms with Crippen molar-refractivity contribution in [3.05, 3.63) is 59.1 Å². The second-order valence-electron chi connectivity index (χ2n) is 6.95. The quantitative estimate of drug-likeness (QED) is 0.640. The molecule has 0 fully saturated rings. The first-order chi connectivity index (χ1) is 12.9. The van der Waals surface area contributed by atoms with E-state index in [0.29, 0.717) is 5.82 Å². The van der Waals surface area contributed by atoms with Crippen molar-refractivity contribution in [3.63, 3.8) is 0 Å². The Labute approximate surface area is 162 Å². The summed E-state index contributed by atoms with van der Waals surface area (Å²) in [6.45, 7) is 10.4. The highest BCUT2D eigenvalue weighted by molar-refractivity contribution is 5.87. The predicted octanol–water partition coefficient (Wildman–Crippen LogP) is 5.45. The van der Waals surface area contributed by atoms with Crippen molar-refractivity contribution in [1.82, 2.24) is 9.97 Å². The van der Waals surface area contributed by atoms with Crippen LogP contribution in [-0.4, -0.2) is 21.2 Å². The zero-order chi connectivity index (χ0) is 20.0. The Morgan fingerprint density at radius 2 is 1.81 bits per heavy atom. The molecular weight excluding hydrogens is 334 g/mol. The number of aliphatic hydroxyl groups is 1. The van der Waals surface area contributed by atoms with Gasteiger partial charge in [0.1, 0.15) is 5.82 Å². The van der Waals surface area contributed by atoms with Crippen LogP contribution < -0.4 is 5.73 Å². The average molecular weight is 366 g/mol. The van der Waals surface area contributed by atoms with Crippen LogP contribution in [0.15, 0.2) is 53.4 Å². The van der Waals surface area contributed by atoms with Crippen LogP contribution in [0.25, 0.3) is 16.3 Å². The minimum absolute atomic E-state index is 0.431. The molecule has 0 saturated heterocycles. The maximum Gasteiger partial charge on any atom is 0.123 e. The molecule has 0 aliphatic heterocycles. The van der Waals surface area contributed by atoms with E-state index in [1.807, 2.05) is 25.3 Å². The molecule has 4 heteroatoms. The van der Waals surface area contributed by atoms with E-state index >= 15 is 0 Å². The van der Waals surface area contributed by atoms with E-state index in [9.17, 15) is 5.11 Å². The lowest BCUT2D eigenvalue weighted by Gasteiger charge is -2.17. The van der Waals surface area contributed by atoms with Crippen LogP contribution >= 0.6 is 0 Å². The first-order valence-electron chi connectivity index (χ1n) is 9.65. The van der Waals surface area contributed by atoms with Crippen molar-refractivity contribution in [1.29, 1.82) is 0 Å². The van der Waals surface area contributed by atoms with Gasteiger partial charge in [0.25, 0.3) is 0 Å². The first kappa shape index (κ1) is 20.8. The van der Waals surface area contributed by atoms with Crippen molar-refractivity contribution in [2.75, 3.05) is 5.73 Å². The molecule has 1 atom stereocenters. The van der Waals surface area contributed by atoms with Crippen molar-refractivity contribution in [3.8, 4) is 0 Å². The molecule has 4 nitrogen and oxygen atoms in total. The number of fused-ring (bicyclic) bond motifs is 1. The lowest BCUT2D eigenvalue weighted by atomic mass is 9.93. The molecule has 2 heterocycles. The van der Waals surface area contributed by atoms with Crippen molar-refractivity contribution in [2.45, 2.75) is 60.0 Å². The molecule has 2 aromatic heterocycles. The number of allylic oxidation sites excluding steroid dienone is 4. The van der Waals surface area contributed by atoms with Gasteiger partial charge in [-0.3, -0.25) is 4.98 Å². The van der Waals surface area contributed by atoms with Gasteiger partial charge in [-0.05, 0) is 62.5 Å². The van der Waals surface area contributed by atoms with Crippen LogP contribution in [0, 0.1) is 0 Å². The Morgan fingerprint density at radius 3 is 2.44 bits per heavy atom. The van der Waals surface area contributed by atoms with E-state index in [1.54, 1.807) is 6.20 Å². The van der Waals surface area contributed by atoms with Crippen LogP contribution in [0.1, 0.15) is 59.6 Å². The fraction of sp³-hybridized carbons (Fsp3) is 0.391. The number of hydrogen-bond donors (Lipinski definition) is 2. The summed E-state index contributed by atoms with van der Waals surface area (Å²) in [5.41, 5.74) is 11.0. The van der Waals surface area contributed by atoms with E-state index in [2.05, 4.69) is 49.8 Å². The molecule has 0 saturated carbocycles. The smallest absolute Gasteiger partial charge is 0.123 e. The minimum Gasteiger partial charge on any atom is -0.388 e. The molecule has 0 aliphatic rings. The van der Waals surface area contributed by atoms with Crippen molar-refractivity contribution in [2.24, 2.45) is 0 Å². The molecule has 2 rings (SSSR count). The Bertz CT molecular complexity index is 894. The van der Waals surface area contributed by atoms with Gasteiger partial charge >= 0.3 is 0 Å². The standard InChI is InChI=1S/C23H31N3O/c1-6-9-22(27)20(15(4)7-2)10-16(5)19(8-3)21-11-17-14-26-23(24)12-18(17)13-25-21/h8,10-14,22,27H,6-7,9H2,1-5H3,(H2,24,26)/b16-10-,19-8+,20-15-. The average Bonchev–Trinajstić information content (AvgIpc) is 2.66. The molecular formula is C23H31N3O. The van der Waals surface area contributed by atoms with Gasteiger partial charge in [0.2, 0.25) is 0 Å². The van der Waals surface area contributed by atoms with Crippen LogP contribution in [0.4, 0.5) is 5.82 Å². The van der Waals surface area contributed by atoms with Crippen LogP contribution in [0.2, 0.25) is 0 Å². The molecule has 144 valence electrons. The number of nitrogen functional groups attached to an aromatic ring is 1. The summed E-state index contributed by atoms with van der Waals surface area (Å²) in [5.74, 6) is 0.495. The Kier molecular flexibility index (Phi) is 7.31. The van der Waals surface area contributed by atoms with Gasteiger partial charge in [0.15, 0.2) is 0 Å². The molecule has 0 aromatic carbocycles. The number of nitrogens with two attached hydrogens (primary N) is 1. The molecule has 3 N–H and O–H groups in total. The van der Waals surface area contributed by atoms with Gasteiger partial charge in [0.05, 0.1) is 11.8 Å². The van der Waals surface area contributed by atoms with E-state index in [-0.39, 0.29) is 0 Å². The van der Waals surface area contributed by atoms with Crippen molar-refractivity contribution < 1.29 is 5.11 Å². The molecule has 0 radical (unpaired) electrons. The molecule has 27 heavy (non-hydrogen) atoms. The normalized spacial score (nSPS) is 15.0. The lowest BCUT2D eigenvalue weighted by molar-refractivity contribution is 0.201. The number of hydrogen-bond acceptors (Lipinski definition) is 4. The van der Waals surface area contributed by atoms with Gasteiger partial charge in [-0.1, -0.05) is 38.0 Å². The molecule has 0 amide bonds. The molecule has 2 aromatic rings. The summed E-state index contributed by atoms with van der Waals surface area (Å²) < 4.78 is 0. The summed E-state index contributed by atoms with van der Waals surface area (Å²) in [4.78, 5) is 8.80. The zero-order valence-electron chi connectivity index (χ0n) is 17.1. The number of aliphatic hydroxyl groups excluding tert-OH is 1. The Balaban J connectivity index is 2.46. The van der Waals surface area contributed by atoms with Gasteiger partial charge in [-0.25, -0.2) is 4.98 Å². The number of rotatable bonds is 7. The Hall–Kier alpha value is -2.46. The molecule has 0 spiro atoms. The van der Waals surface area contributed by atoms with Gasteiger partial charge in [-0.2, -0.15) is 0 Å². The third-order valence-corrected chi connectivity index (χ3v) is 4.93. The van der Waals surface area contributed by atoms with Crippen LogP contribution in [-0.2, 0) is 0 Å². The molecule has 0 aliphatic carbocycles. The molecule has 1 unspecified atom stereocenters. The van der Waals surface area contributed by atoms with Crippen LogP contribution in [0.5, 0.6) is 0 Å². The third kappa shape index (κ3) is 5.04. The minimum atomic E-state index is -0.431. The highest BCUT2D eigenvalue weighted by atomic mass is 16.3. The lowest BCUT2D eigenvalue weighted by Crippen LogP contribution is -2.11. The number of aromatic nitrogens is 2. The second kappa shape index (κ2) is 9.47. The van der Waals surface area contributed by atoms with E-state index in [4.69, 9.17) is 5.73 Å². The maximum absolute atomic E-state index is 10.6. The van der Waals surface area contributed by atoms with E-state index in [1.165, 1.54) is 5.57 Å². The Morgan fingerprint density at radius 1 is 1.15 bits per heavy atom. The predicted molar refractivity (Wildman–Crippen MR) is 115 cm³/mol. The topological polar surface area (TPSA) is 72.0 Å². The highest BCUT2D eigenvalue weighted by Gasteiger charge is 2.13. The SMILES string of the molecule is C\C=C(/C(C)=C\C(=C(/C)CC)C(O)CCC)c1cc2cnc(N)cc2cn1. The monoisotopic (exact) mass is 365 g/mol. The summed E-state index contributed by atoms with van der Waals surface area (Å²) in [6.07, 6.45) is 10.00. The van der Waals surface area contributed by atoms with Crippen LogP contribution in [0.3, 0.4) is 0 Å². The largest absolute Gasteiger partial charge is 0.388 e. The summed E-state index contributed by atoms with van der Waals surface area (Å²) in [6, 6.07) is 3.86. The fourth-order valence-electron chi connectivity index (χ4n) is 3.23. The first-order valence-corrected chi connectivity index (χ1v) is 9.65. The van der Waals surface area contributed by atoms with Crippen molar-refractivity contribution >= 4 is 22.2 Å². The van der Waals surface area contributed by atoms with Gasteiger partial charge in [-0.15, -0.1) is 0 Å². The summed E-state index contributed by atoms with van der Waals surface area (Å²) in [5, 5.41) is 12.6. The highest BCUT2D eigenvalue weighted by Crippen LogP contribution is 2.28. The van der Waals surface area contributed by atoms with Gasteiger partial charge in [0, 0.05) is 23.2 Å². The zero-order valence-corrected chi connectivity index (χ0v) is 17.1. The number of nitrogens with zero attached hydrogens (tertiary/aromatic N) is 2. The molecule has 0 bridgehead atoms. The summed E-state index contributed by atoms with van der Waals surface area (Å²) in [7, 11) is 0. The third-order valence-electron chi connectivity index (χ3n) is 4.93.